The SMILES string of the molecule is CCCCOC(=O)c1cccc(-c2nc(-c3ccccc3O)nc(-c3ccccc3O)n2)c1. The van der Waals surface area contributed by atoms with Crippen LogP contribution in [0.2, 0.25) is 0 Å². The molecule has 0 amide bonds. The van der Waals surface area contributed by atoms with E-state index in [1.165, 1.54) is 0 Å². The molecule has 0 saturated carbocycles. The minimum atomic E-state index is -0.416. The first kappa shape index (κ1) is 22.0. The topological polar surface area (TPSA) is 105 Å². The van der Waals surface area contributed by atoms with Crippen LogP contribution in [0.15, 0.2) is 72.8 Å². The number of aromatic hydroxyl groups is 2. The fraction of sp³-hybridized carbons (Fsp3) is 0.154. The number of phenolic OH excluding ortho intramolecular Hbond substituents is 2. The maximum absolute atomic E-state index is 12.4. The van der Waals surface area contributed by atoms with Crippen LogP contribution in [-0.4, -0.2) is 37.7 Å². The van der Waals surface area contributed by atoms with Crippen LogP contribution in [0.25, 0.3) is 34.2 Å². The number of hydrogen-bond donors (Lipinski definition) is 2. The average Bonchev–Trinajstić information content (AvgIpc) is 2.84. The molecule has 0 radical (unpaired) electrons. The van der Waals surface area contributed by atoms with E-state index in [4.69, 9.17) is 4.74 Å². The molecule has 7 nitrogen and oxygen atoms in total. The number of rotatable bonds is 7. The van der Waals surface area contributed by atoms with Gasteiger partial charge in [0.25, 0.3) is 0 Å². The summed E-state index contributed by atoms with van der Waals surface area (Å²) in [5, 5.41) is 20.7. The quantitative estimate of drug-likeness (QED) is 0.298. The summed E-state index contributed by atoms with van der Waals surface area (Å²) in [7, 11) is 0. The predicted molar refractivity (Wildman–Crippen MR) is 125 cm³/mol. The van der Waals surface area contributed by atoms with E-state index >= 15 is 0 Å². The van der Waals surface area contributed by atoms with E-state index in [0.717, 1.165) is 12.8 Å². The first-order chi connectivity index (χ1) is 16.1. The number of nitrogens with zero attached hydrogens (tertiary/aromatic N) is 3. The van der Waals surface area contributed by atoms with E-state index in [9.17, 15) is 15.0 Å². The molecule has 0 aliphatic carbocycles. The fourth-order valence-electron chi connectivity index (χ4n) is 3.25. The van der Waals surface area contributed by atoms with Gasteiger partial charge in [-0.25, -0.2) is 19.7 Å². The number of carbonyl (C=O) groups is 1. The molecule has 2 N–H and O–H groups in total. The molecule has 3 aromatic carbocycles. The minimum absolute atomic E-state index is 0.0196. The Hall–Kier alpha value is -4.26. The van der Waals surface area contributed by atoms with E-state index in [1.54, 1.807) is 72.8 Å². The molecule has 1 aromatic heterocycles. The highest BCUT2D eigenvalue weighted by atomic mass is 16.5. The van der Waals surface area contributed by atoms with Crippen LogP contribution in [0, 0.1) is 0 Å². The van der Waals surface area contributed by atoms with Crippen molar-refractivity contribution in [1.29, 1.82) is 0 Å². The normalized spacial score (nSPS) is 10.7. The lowest BCUT2D eigenvalue weighted by molar-refractivity contribution is 0.0500. The summed E-state index contributed by atoms with van der Waals surface area (Å²) in [6.07, 6.45) is 1.73. The first-order valence-electron chi connectivity index (χ1n) is 10.7. The molecule has 0 atom stereocenters. The summed E-state index contributed by atoms with van der Waals surface area (Å²) in [4.78, 5) is 26.0. The Kier molecular flexibility index (Phi) is 6.59. The molecule has 1 heterocycles. The Morgan fingerprint density at radius 2 is 1.36 bits per heavy atom. The monoisotopic (exact) mass is 441 g/mol. The summed E-state index contributed by atoms with van der Waals surface area (Å²) < 4.78 is 5.32. The van der Waals surface area contributed by atoms with Crippen LogP contribution < -0.4 is 0 Å². The van der Waals surface area contributed by atoms with Crippen LogP contribution >= 0.6 is 0 Å². The van der Waals surface area contributed by atoms with Crippen LogP contribution in [0.1, 0.15) is 30.1 Å². The van der Waals surface area contributed by atoms with Crippen molar-refractivity contribution >= 4 is 5.97 Å². The molecule has 33 heavy (non-hydrogen) atoms. The standard InChI is InChI=1S/C26H23N3O4/c1-2-3-15-33-26(32)18-10-8-9-17(16-18)23-27-24(19-11-4-6-13-21(19)30)29-25(28-23)20-12-5-7-14-22(20)31/h4-14,16,30-31H,2-3,15H2,1H3. The second kappa shape index (κ2) is 9.91. The van der Waals surface area contributed by atoms with Crippen molar-refractivity contribution in [3.05, 3.63) is 78.4 Å². The minimum Gasteiger partial charge on any atom is -0.507 e. The average molecular weight is 441 g/mol. The number of ether oxygens (including phenoxy) is 1. The predicted octanol–water partition coefficient (Wildman–Crippen LogP) is 5.24. The molecule has 0 bridgehead atoms. The molecule has 0 fully saturated rings. The fourth-order valence-corrected chi connectivity index (χ4v) is 3.25. The van der Waals surface area contributed by atoms with Crippen LogP contribution in [0.4, 0.5) is 0 Å². The number of benzene rings is 3. The van der Waals surface area contributed by atoms with Crippen molar-refractivity contribution in [2.45, 2.75) is 19.8 Å². The van der Waals surface area contributed by atoms with E-state index in [1.807, 2.05) is 6.92 Å². The van der Waals surface area contributed by atoms with Crippen molar-refractivity contribution in [2.24, 2.45) is 0 Å². The van der Waals surface area contributed by atoms with Gasteiger partial charge < -0.3 is 14.9 Å². The molecule has 0 aliphatic rings. The third-order valence-corrected chi connectivity index (χ3v) is 5.01. The van der Waals surface area contributed by atoms with Gasteiger partial charge >= 0.3 is 5.97 Å². The van der Waals surface area contributed by atoms with Gasteiger partial charge in [-0.05, 0) is 42.8 Å². The van der Waals surface area contributed by atoms with Crippen molar-refractivity contribution in [1.82, 2.24) is 15.0 Å². The van der Waals surface area contributed by atoms with Gasteiger partial charge in [0.05, 0.1) is 23.3 Å². The molecule has 0 saturated heterocycles. The van der Waals surface area contributed by atoms with Gasteiger partial charge in [0.2, 0.25) is 0 Å². The Bertz CT molecular complexity index is 1230. The lowest BCUT2D eigenvalue weighted by atomic mass is 10.1. The molecule has 4 rings (SSSR count). The third-order valence-electron chi connectivity index (χ3n) is 5.01. The van der Waals surface area contributed by atoms with Gasteiger partial charge in [-0.15, -0.1) is 0 Å². The summed E-state index contributed by atoms with van der Waals surface area (Å²) in [6.45, 7) is 2.39. The molecule has 166 valence electrons. The molecule has 0 unspecified atom stereocenters. The number of phenols is 2. The third kappa shape index (κ3) is 4.98. The number of aromatic nitrogens is 3. The van der Waals surface area contributed by atoms with Gasteiger partial charge in [-0.2, -0.15) is 0 Å². The van der Waals surface area contributed by atoms with Gasteiger partial charge in [0.15, 0.2) is 17.5 Å². The molecule has 4 aromatic rings. The van der Waals surface area contributed by atoms with E-state index in [0.29, 0.717) is 34.7 Å². The highest BCUT2D eigenvalue weighted by Crippen LogP contribution is 2.32. The lowest BCUT2D eigenvalue weighted by Crippen LogP contribution is -2.07. The van der Waals surface area contributed by atoms with Gasteiger partial charge in [-0.1, -0.05) is 49.7 Å². The Labute approximate surface area is 191 Å². The zero-order chi connectivity index (χ0) is 23.2. The van der Waals surface area contributed by atoms with Crippen molar-refractivity contribution in [3.8, 4) is 45.7 Å². The Morgan fingerprint density at radius 1 is 0.788 bits per heavy atom. The summed E-state index contributed by atoms with van der Waals surface area (Å²) in [6, 6.07) is 20.3. The van der Waals surface area contributed by atoms with Crippen LogP contribution in [0.3, 0.4) is 0 Å². The van der Waals surface area contributed by atoms with Crippen LogP contribution in [0.5, 0.6) is 11.5 Å². The van der Waals surface area contributed by atoms with Crippen molar-refractivity contribution in [3.63, 3.8) is 0 Å². The van der Waals surface area contributed by atoms with Crippen LogP contribution in [-0.2, 0) is 4.74 Å². The molecular formula is C26H23N3O4. The van der Waals surface area contributed by atoms with E-state index in [-0.39, 0.29) is 23.1 Å². The molecule has 0 aliphatic heterocycles. The highest BCUT2D eigenvalue weighted by molar-refractivity contribution is 5.90. The van der Waals surface area contributed by atoms with E-state index < -0.39 is 5.97 Å². The number of para-hydroxylation sites is 2. The highest BCUT2D eigenvalue weighted by Gasteiger charge is 2.17. The van der Waals surface area contributed by atoms with Crippen molar-refractivity contribution in [2.75, 3.05) is 6.61 Å². The molecule has 0 spiro atoms. The van der Waals surface area contributed by atoms with Crippen molar-refractivity contribution < 1.29 is 19.7 Å². The van der Waals surface area contributed by atoms with E-state index in [2.05, 4.69) is 15.0 Å². The Balaban J connectivity index is 1.82. The summed E-state index contributed by atoms with van der Waals surface area (Å²) in [5.74, 6) is 0.405. The number of esters is 1. The number of hydrogen-bond acceptors (Lipinski definition) is 7. The maximum Gasteiger partial charge on any atom is 0.338 e. The zero-order valence-corrected chi connectivity index (χ0v) is 18.1. The summed E-state index contributed by atoms with van der Waals surface area (Å²) in [5.41, 5.74) is 1.81. The maximum atomic E-state index is 12.4. The smallest absolute Gasteiger partial charge is 0.338 e. The van der Waals surface area contributed by atoms with Gasteiger partial charge in [0.1, 0.15) is 11.5 Å². The Morgan fingerprint density at radius 3 is 1.94 bits per heavy atom. The zero-order valence-electron chi connectivity index (χ0n) is 18.1. The largest absolute Gasteiger partial charge is 0.507 e. The first-order valence-corrected chi connectivity index (χ1v) is 10.7. The van der Waals surface area contributed by atoms with Gasteiger partial charge in [-0.3, -0.25) is 0 Å². The molecule has 7 heteroatoms. The van der Waals surface area contributed by atoms with Gasteiger partial charge in [0, 0.05) is 5.56 Å². The lowest BCUT2D eigenvalue weighted by Gasteiger charge is -2.10. The summed E-state index contributed by atoms with van der Waals surface area (Å²) >= 11 is 0. The number of carbonyl (C=O) groups excluding carboxylic acids is 1. The second-order valence-electron chi connectivity index (χ2n) is 7.41. The molecular weight excluding hydrogens is 418 g/mol. The number of unbranched alkanes of at least 4 members (excludes halogenated alkanes) is 1. The second-order valence-corrected chi connectivity index (χ2v) is 7.41.